The van der Waals surface area contributed by atoms with Crippen LogP contribution in [0.3, 0.4) is 0 Å². The van der Waals surface area contributed by atoms with E-state index in [1.54, 1.807) is 4.90 Å². The maximum Gasteiger partial charge on any atom is 0.308 e. The third-order valence-electron chi connectivity index (χ3n) is 5.32. The number of carboxylic acid groups (broad SMARTS) is 1. The molecule has 2 heterocycles. The van der Waals surface area contributed by atoms with Crippen LogP contribution in [0, 0.1) is 5.92 Å². The molecular formula is C21H20N2O4S. The first-order valence-electron chi connectivity index (χ1n) is 9.12. The molecule has 0 bridgehead atoms. The Bertz CT molecular complexity index is 918. The second kappa shape index (κ2) is 7.67. The SMILES string of the molecule is O=C(O)[C@@H]1CN(C(=O)CN2C(=O)CSc3ccccc32)C[C@@H]1c1ccccc1. The summed E-state index contributed by atoms with van der Waals surface area (Å²) in [6.45, 7) is 0.439. The minimum Gasteiger partial charge on any atom is -0.481 e. The van der Waals surface area contributed by atoms with Crippen LogP contribution in [0.5, 0.6) is 0 Å². The fraction of sp³-hybridized carbons (Fsp3) is 0.286. The van der Waals surface area contributed by atoms with Crippen molar-refractivity contribution < 1.29 is 19.5 Å². The van der Waals surface area contributed by atoms with Crippen LogP contribution in [0.4, 0.5) is 5.69 Å². The van der Waals surface area contributed by atoms with Gasteiger partial charge in [-0.3, -0.25) is 14.4 Å². The molecule has 144 valence electrons. The average molecular weight is 396 g/mol. The third kappa shape index (κ3) is 3.49. The number of fused-ring (bicyclic) bond motifs is 1. The van der Waals surface area contributed by atoms with Crippen LogP contribution >= 0.6 is 11.8 Å². The van der Waals surface area contributed by atoms with Crippen LogP contribution < -0.4 is 4.90 Å². The number of rotatable bonds is 4. The van der Waals surface area contributed by atoms with Crippen LogP contribution in [-0.4, -0.2) is 53.2 Å². The molecule has 0 radical (unpaired) electrons. The van der Waals surface area contributed by atoms with Crippen molar-refractivity contribution in [3.63, 3.8) is 0 Å². The molecule has 0 aliphatic carbocycles. The molecular weight excluding hydrogens is 376 g/mol. The molecule has 2 aliphatic heterocycles. The van der Waals surface area contributed by atoms with Crippen molar-refractivity contribution in [1.29, 1.82) is 0 Å². The van der Waals surface area contributed by atoms with Gasteiger partial charge in [-0.2, -0.15) is 0 Å². The zero-order chi connectivity index (χ0) is 19.7. The van der Waals surface area contributed by atoms with Crippen molar-refractivity contribution in [2.75, 3.05) is 30.3 Å². The van der Waals surface area contributed by atoms with E-state index in [-0.39, 0.29) is 30.8 Å². The standard InChI is InChI=1S/C21H20N2O4S/c24-19(12-23-17-8-4-5-9-18(17)28-13-20(23)25)22-10-15(16(11-22)21(26)27)14-6-2-1-3-7-14/h1-9,15-16H,10-13H2,(H,26,27)/t15-,16-/m1/s1. The van der Waals surface area contributed by atoms with E-state index in [0.29, 0.717) is 12.3 Å². The van der Waals surface area contributed by atoms with Crippen molar-refractivity contribution >= 4 is 35.2 Å². The van der Waals surface area contributed by atoms with Gasteiger partial charge in [-0.1, -0.05) is 42.5 Å². The predicted molar refractivity (Wildman–Crippen MR) is 106 cm³/mol. The smallest absolute Gasteiger partial charge is 0.308 e. The first-order chi connectivity index (χ1) is 13.5. The Balaban J connectivity index is 1.53. The second-order valence-electron chi connectivity index (χ2n) is 7.00. The third-order valence-corrected chi connectivity index (χ3v) is 6.37. The number of benzene rings is 2. The summed E-state index contributed by atoms with van der Waals surface area (Å²) in [5, 5.41) is 9.63. The number of anilines is 1. The highest BCUT2D eigenvalue weighted by Gasteiger charge is 2.41. The van der Waals surface area contributed by atoms with E-state index < -0.39 is 11.9 Å². The molecule has 0 unspecified atom stereocenters. The molecule has 2 aromatic rings. The van der Waals surface area contributed by atoms with Gasteiger partial charge in [0.1, 0.15) is 6.54 Å². The number of amides is 2. The van der Waals surface area contributed by atoms with Gasteiger partial charge < -0.3 is 14.9 Å². The lowest BCUT2D eigenvalue weighted by molar-refractivity contribution is -0.142. The van der Waals surface area contributed by atoms with E-state index in [9.17, 15) is 19.5 Å². The molecule has 4 rings (SSSR count). The lowest BCUT2D eigenvalue weighted by Gasteiger charge is -2.30. The second-order valence-corrected chi connectivity index (χ2v) is 8.01. The van der Waals surface area contributed by atoms with Gasteiger partial charge in [-0.05, 0) is 17.7 Å². The van der Waals surface area contributed by atoms with Gasteiger partial charge >= 0.3 is 5.97 Å². The van der Waals surface area contributed by atoms with Crippen LogP contribution in [-0.2, 0) is 14.4 Å². The van der Waals surface area contributed by atoms with E-state index in [2.05, 4.69) is 0 Å². The molecule has 0 spiro atoms. The largest absolute Gasteiger partial charge is 0.481 e. The van der Waals surface area contributed by atoms with Crippen LogP contribution in [0.25, 0.3) is 0 Å². The Morgan fingerprint density at radius 3 is 2.50 bits per heavy atom. The number of nitrogens with zero attached hydrogens (tertiary/aromatic N) is 2. The molecule has 1 saturated heterocycles. The molecule has 2 amide bonds. The molecule has 2 aliphatic rings. The number of hydrogen-bond acceptors (Lipinski definition) is 4. The van der Waals surface area contributed by atoms with Gasteiger partial charge in [-0.15, -0.1) is 11.8 Å². The van der Waals surface area contributed by atoms with Crippen molar-refractivity contribution in [3.05, 3.63) is 60.2 Å². The molecule has 1 fully saturated rings. The molecule has 28 heavy (non-hydrogen) atoms. The number of carboxylic acids is 1. The predicted octanol–water partition coefficient (Wildman–Crippen LogP) is 2.45. The Morgan fingerprint density at radius 1 is 1.04 bits per heavy atom. The van der Waals surface area contributed by atoms with Gasteiger partial charge in [0.05, 0.1) is 17.4 Å². The van der Waals surface area contributed by atoms with E-state index in [1.165, 1.54) is 16.7 Å². The molecule has 7 heteroatoms. The number of thioether (sulfide) groups is 1. The first-order valence-corrected chi connectivity index (χ1v) is 10.1. The minimum atomic E-state index is -0.903. The van der Waals surface area contributed by atoms with Gasteiger partial charge in [0, 0.05) is 23.9 Å². The lowest BCUT2D eigenvalue weighted by Crippen LogP contribution is -2.44. The monoisotopic (exact) mass is 396 g/mol. The molecule has 0 aromatic heterocycles. The Kier molecular flexibility index (Phi) is 5.09. The zero-order valence-corrected chi connectivity index (χ0v) is 16.0. The minimum absolute atomic E-state index is 0.0652. The zero-order valence-electron chi connectivity index (χ0n) is 15.2. The van der Waals surface area contributed by atoms with E-state index in [4.69, 9.17) is 0 Å². The summed E-state index contributed by atoms with van der Waals surface area (Å²) in [5.41, 5.74) is 1.66. The van der Waals surface area contributed by atoms with Gasteiger partial charge in [0.25, 0.3) is 0 Å². The van der Waals surface area contributed by atoms with Gasteiger partial charge in [0.2, 0.25) is 11.8 Å². The molecule has 0 saturated carbocycles. The van der Waals surface area contributed by atoms with Crippen molar-refractivity contribution in [3.8, 4) is 0 Å². The van der Waals surface area contributed by atoms with Crippen LogP contribution in [0.15, 0.2) is 59.5 Å². The number of carbonyl (C=O) groups is 3. The number of likely N-dealkylation sites (tertiary alicyclic amines) is 1. The van der Waals surface area contributed by atoms with Gasteiger partial charge in [0.15, 0.2) is 0 Å². The Hall–Kier alpha value is -2.80. The topological polar surface area (TPSA) is 77.9 Å². The number of carbonyl (C=O) groups excluding carboxylic acids is 2. The number of hydrogen-bond donors (Lipinski definition) is 1. The maximum atomic E-state index is 12.9. The highest BCUT2D eigenvalue weighted by atomic mass is 32.2. The first kappa shape index (κ1) is 18.6. The summed E-state index contributed by atoms with van der Waals surface area (Å²) >= 11 is 1.47. The highest BCUT2D eigenvalue weighted by Crippen LogP contribution is 2.36. The van der Waals surface area contributed by atoms with Crippen LogP contribution in [0.1, 0.15) is 11.5 Å². The summed E-state index contributed by atoms with van der Waals surface area (Å²) in [6, 6.07) is 17.0. The average Bonchev–Trinajstić information content (AvgIpc) is 3.17. The summed E-state index contributed by atoms with van der Waals surface area (Å²) < 4.78 is 0. The summed E-state index contributed by atoms with van der Waals surface area (Å²) in [4.78, 5) is 41.2. The van der Waals surface area contributed by atoms with E-state index >= 15 is 0 Å². The maximum absolute atomic E-state index is 12.9. The van der Waals surface area contributed by atoms with Crippen molar-refractivity contribution in [1.82, 2.24) is 4.90 Å². The number of para-hydroxylation sites is 1. The fourth-order valence-electron chi connectivity index (χ4n) is 3.86. The molecule has 6 nitrogen and oxygen atoms in total. The number of aliphatic carboxylic acids is 1. The van der Waals surface area contributed by atoms with Crippen LogP contribution in [0.2, 0.25) is 0 Å². The summed E-state index contributed by atoms with van der Waals surface area (Å²) in [6.07, 6.45) is 0. The summed E-state index contributed by atoms with van der Waals surface area (Å²) in [7, 11) is 0. The lowest BCUT2D eigenvalue weighted by atomic mass is 9.89. The summed E-state index contributed by atoms with van der Waals surface area (Å²) in [5.74, 6) is -1.83. The van der Waals surface area contributed by atoms with Crippen molar-refractivity contribution in [2.45, 2.75) is 10.8 Å². The molecule has 2 aromatic carbocycles. The fourth-order valence-corrected chi connectivity index (χ4v) is 4.79. The normalized spacial score (nSPS) is 21.5. The Labute approximate surface area is 167 Å². The molecule has 1 N–H and O–H groups in total. The van der Waals surface area contributed by atoms with Gasteiger partial charge in [-0.25, -0.2) is 0 Å². The highest BCUT2D eigenvalue weighted by molar-refractivity contribution is 8.00. The quantitative estimate of drug-likeness (QED) is 0.859. The van der Waals surface area contributed by atoms with Crippen molar-refractivity contribution in [2.24, 2.45) is 5.92 Å². The molecule has 2 atom stereocenters. The van der Waals surface area contributed by atoms with E-state index in [0.717, 1.165) is 16.1 Å². The van der Waals surface area contributed by atoms with E-state index in [1.807, 2.05) is 54.6 Å². The Morgan fingerprint density at radius 2 is 1.75 bits per heavy atom.